The first-order valence-corrected chi connectivity index (χ1v) is 7.78. The fourth-order valence-electron chi connectivity index (χ4n) is 2.56. The molecule has 1 aromatic carbocycles. The summed E-state index contributed by atoms with van der Waals surface area (Å²) in [6, 6.07) is 5.70. The van der Waals surface area contributed by atoms with Crippen molar-refractivity contribution in [1.29, 1.82) is 0 Å². The lowest BCUT2D eigenvalue weighted by molar-refractivity contribution is 0.0334. The molecule has 6 heteroatoms. The fraction of sp³-hybridized carbons (Fsp3) is 0.438. The maximum atomic E-state index is 6.10. The number of aryl methyl sites for hydroxylation is 2. The minimum atomic E-state index is 0.672. The molecule has 0 spiro atoms. The van der Waals surface area contributed by atoms with Crippen molar-refractivity contribution >= 4 is 11.6 Å². The number of nitrogens with one attached hydrogen (secondary N) is 1. The lowest BCUT2D eigenvalue weighted by Crippen LogP contribution is -2.35. The number of H-pyrrole nitrogens is 1. The Hall–Kier alpha value is -1.56. The molecule has 0 radical (unpaired) electrons. The molecule has 5 nitrogen and oxygen atoms in total. The van der Waals surface area contributed by atoms with Crippen molar-refractivity contribution in [1.82, 2.24) is 15.1 Å². The third kappa shape index (κ3) is 3.61. The molecule has 1 fully saturated rings. The van der Waals surface area contributed by atoms with Crippen LogP contribution in [0.15, 0.2) is 18.2 Å². The number of rotatable bonds is 4. The van der Waals surface area contributed by atoms with E-state index < -0.39 is 0 Å². The summed E-state index contributed by atoms with van der Waals surface area (Å²) in [5.41, 5.74) is 2.90. The van der Waals surface area contributed by atoms with Crippen molar-refractivity contribution in [3.05, 3.63) is 40.2 Å². The summed E-state index contributed by atoms with van der Waals surface area (Å²) in [4.78, 5) is 2.31. The highest BCUT2D eigenvalue weighted by molar-refractivity contribution is 6.30. The van der Waals surface area contributed by atoms with E-state index in [1.54, 1.807) is 0 Å². The molecule has 1 aromatic heterocycles. The van der Waals surface area contributed by atoms with Crippen molar-refractivity contribution in [3.63, 3.8) is 0 Å². The summed E-state index contributed by atoms with van der Waals surface area (Å²) < 4.78 is 11.4. The Labute approximate surface area is 135 Å². The van der Waals surface area contributed by atoms with Crippen LogP contribution in [0.25, 0.3) is 0 Å². The maximum absolute atomic E-state index is 6.10. The standard InChI is InChI=1S/C16H20ClN3O2/c1-11-7-13(17)9-14(8-11)22-16-12(2)18-19-15(16)10-20-3-5-21-6-4-20/h7-9H,3-6,10H2,1-2H3,(H,18,19). The SMILES string of the molecule is Cc1cc(Cl)cc(Oc2c(CN3CCOCC3)n[nH]c2C)c1. The van der Waals surface area contributed by atoms with Gasteiger partial charge in [-0.3, -0.25) is 10.00 Å². The summed E-state index contributed by atoms with van der Waals surface area (Å²) in [5.74, 6) is 1.52. The van der Waals surface area contributed by atoms with Crippen LogP contribution in [0.4, 0.5) is 0 Å². The van der Waals surface area contributed by atoms with Gasteiger partial charge in [0.15, 0.2) is 5.75 Å². The minimum Gasteiger partial charge on any atom is -0.453 e. The molecule has 0 atom stereocenters. The quantitative estimate of drug-likeness (QED) is 0.938. The first-order chi connectivity index (χ1) is 10.6. The number of morpholine rings is 1. The predicted molar refractivity (Wildman–Crippen MR) is 85.7 cm³/mol. The Morgan fingerprint density at radius 2 is 2.05 bits per heavy atom. The summed E-state index contributed by atoms with van der Waals surface area (Å²) >= 11 is 6.10. The van der Waals surface area contributed by atoms with E-state index in [2.05, 4.69) is 15.1 Å². The second-order valence-corrected chi connectivity index (χ2v) is 6.02. The third-order valence-electron chi connectivity index (χ3n) is 3.67. The molecule has 22 heavy (non-hydrogen) atoms. The number of aromatic amines is 1. The maximum Gasteiger partial charge on any atom is 0.172 e. The van der Waals surface area contributed by atoms with E-state index in [0.717, 1.165) is 61.3 Å². The molecule has 1 N–H and O–H groups in total. The lowest BCUT2D eigenvalue weighted by Gasteiger charge is -2.25. The highest BCUT2D eigenvalue weighted by Gasteiger charge is 2.18. The molecule has 0 bridgehead atoms. The van der Waals surface area contributed by atoms with Gasteiger partial charge in [0, 0.05) is 24.7 Å². The topological polar surface area (TPSA) is 50.4 Å². The zero-order valence-corrected chi connectivity index (χ0v) is 13.6. The Morgan fingerprint density at radius 3 is 2.77 bits per heavy atom. The monoisotopic (exact) mass is 321 g/mol. The predicted octanol–water partition coefficient (Wildman–Crippen LogP) is 3.30. The molecule has 2 aromatic rings. The molecule has 0 saturated carbocycles. The van der Waals surface area contributed by atoms with Gasteiger partial charge in [-0.15, -0.1) is 0 Å². The van der Waals surface area contributed by atoms with Gasteiger partial charge in [0.25, 0.3) is 0 Å². The van der Waals surface area contributed by atoms with Gasteiger partial charge in [0.2, 0.25) is 0 Å². The van der Waals surface area contributed by atoms with E-state index in [4.69, 9.17) is 21.1 Å². The van der Waals surface area contributed by atoms with Crippen LogP contribution in [0, 0.1) is 13.8 Å². The van der Waals surface area contributed by atoms with E-state index in [1.165, 1.54) is 0 Å². The number of halogens is 1. The van der Waals surface area contributed by atoms with Crippen molar-refractivity contribution in [2.45, 2.75) is 20.4 Å². The fourth-order valence-corrected chi connectivity index (χ4v) is 2.84. The molecule has 0 amide bonds. The van der Waals surface area contributed by atoms with Gasteiger partial charge in [-0.05, 0) is 37.6 Å². The number of aromatic nitrogens is 2. The molecule has 0 unspecified atom stereocenters. The molecule has 1 aliphatic heterocycles. The van der Waals surface area contributed by atoms with Gasteiger partial charge in [-0.25, -0.2) is 0 Å². The van der Waals surface area contributed by atoms with Crippen LogP contribution >= 0.6 is 11.6 Å². The zero-order valence-electron chi connectivity index (χ0n) is 12.9. The van der Waals surface area contributed by atoms with Gasteiger partial charge >= 0.3 is 0 Å². The van der Waals surface area contributed by atoms with Crippen LogP contribution in [0.5, 0.6) is 11.5 Å². The highest BCUT2D eigenvalue weighted by atomic mass is 35.5. The summed E-state index contributed by atoms with van der Waals surface area (Å²) in [6.45, 7) is 8.09. The minimum absolute atomic E-state index is 0.672. The van der Waals surface area contributed by atoms with E-state index in [1.807, 2.05) is 32.0 Å². The van der Waals surface area contributed by atoms with Crippen molar-refractivity contribution in [3.8, 4) is 11.5 Å². The van der Waals surface area contributed by atoms with Crippen molar-refractivity contribution in [2.24, 2.45) is 0 Å². The normalized spacial score (nSPS) is 16.0. The average molecular weight is 322 g/mol. The average Bonchev–Trinajstić information content (AvgIpc) is 2.80. The van der Waals surface area contributed by atoms with E-state index in [0.29, 0.717) is 5.02 Å². The molecule has 1 saturated heterocycles. The second kappa shape index (κ2) is 6.69. The summed E-state index contributed by atoms with van der Waals surface area (Å²) in [5, 5.41) is 8.07. The molecule has 2 heterocycles. The Kier molecular flexibility index (Phi) is 4.66. The summed E-state index contributed by atoms with van der Waals surface area (Å²) in [6.07, 6.45) is 0. The molecular formula is C16H20ClN3O2. The number of ether oxygens (including phenoxy) is 2. The Morgan fingerprint density at radius 1 is 1.27 bits per heavy atom. The zero-order chi connectivity index (χ0) is 15.5. The van der Waals surface area contributed by atoms with Crippen LogP contribution in [0.1, 0.15) is 17.0 Å². The highest BCUT2D eigenvalue weighted by Crippen LogP contribution is 2.30. The molecule has 0 aliphatic carbocycles. The first kappa shape index (κ1) is 15.3. The van der Waals surface area contributed by atoms with Crippen LogP contribution in [-0.2, 0) is 11.3 Å². The first-order valence-electron chi connectivity index (χ1n) is 7.41. The van der Waals surface area contributed by atoms with Gasteiger partial charge < -0.3 is 9.47 Å². The van der Waals surface area contributed by atoms with Crippen molar-refractivity contribution in [2.75, 3.05) is 26.3 Å². The lowest BCUT2D eigenvalue weighted by atomic mass is 10.2. The molecular weight excluding hydrogens is 302 g/mol. The van der Waals surface area contributed by atoms with Gasteiger partial charge in [-0.1, -0.05) is 11.6 Å². The van der Waals surface area contributed by atoms with Crippen molar-refractivity contribution < 1.29 is 9.47 Å². The Bertz CT molecular complexity index is 631. The number of hydrogen-bond acceptors (Lipinski definition) is 4. The summed E-state index contributed by atoms with van der Waals surface area (Å²) in [7, 11) is 0. The largest absolute Gasteiger partial charge is 0.453 e. The second-order valence-electron chi connectivity index (χ2n) is 5.58. The number of nitrogens with zero attached hydrogens (tertiary/aromatic N) is 2. The van der Waals surface area contributed by atoms with E-state index in [-0.39, 0.29) is 0 Å². The molecule has 1 aliphatic rings. The van der Waals surface area contributed by atoms with Gasteiger partial charge in [-0.2, -0.15) is 5.10 Å². The van der Waals surface area contributed by atoms with E-state index >= 15 is 0 Å². The van der Waals surface area contributed by atoms with E-state index in [9.17, 15) is 0 Å². The Balaban J connectivity index is 1.79. The van der Waals surface area contributed by atoms with Crippen LogP contribution in [0.3, 0.4) is 0 Å². The van der Waals surface area contributed by atoms with Crippen LogP contribution < -0.4 is 4.74 Å². The molecule has 118 valence electrons. The van der Waals surface area contributed by atoms with Crippen LogP contribution in [0.2, 0.25) is 5.02 Å². The van der Waals surface area contributed by atoms with Gasteiger partial charge in [0.05, 0.1) is 18.9 Å². The smallest absolute Gasteiger partial charge is 0.172 e. The van der Waals surface area contributed by atoms with Gasteiger partial charge in [0.1, 0.15) is 11.4 Å². The van der Waals surface area contributed by atoms with Crippen LogP contribution in [-0.4, -0.2) is 41.4 Å². The molecule has 3 rings (SSSR count). The number of benzene rings is 1. The third-order valence-corrected chi connectivity index (χ3v) is 3.89. The number of hydrogen-bond donors (Lipinski definition) is 1.